The Morgan fingerprint density at radius 1 is 1.21 bits per heavy atom. The van der Waals surface area contributed by atoms with E-state index >= 15 is 0 Å². The number of hydrogen-bond acceptors (Lipinski definition) is 3. The van der Waals surface area contributed by atoms with Gasteiger partial charge in [0.15, 0.2) is 6.61 Å². The largest absolute Gasteiger partial charge is 0.484 e. The summed E-state index contributed by atoms with van der Waals surface area (Å²) in [5, 5.41) is 3.36. The molecule has 7 heteroatoms. The number of nitrogens with zero attached hydrogens (tertiary/aromatic N) is 1. The standard InChI is InChI=1S/C22H26BrClN2O3/c1-4-20(22(28)25-5-2)26(13-16-8-6-7-9-19(16)24)21(27)14-29-17-10-11-18(23)15(3)12-17/h6-12,20H,4-5,13-14H2,1-3H3,(H,25,28). The molecule has 0 fully saturated rings. The van der Waals surface area contributed by atoms with E-state index in [-0.39, 0.29) is 25.0 Å². The normalized spacial score (nSPS) is 11.6. The SMILES string of the molecule is CCNC(=O)C(CC)N(Cc1ccccc1Cl)C(=O)COc1ccc(Br)c(C)c1. The van der Waals surface area contributed by atoms with Crippen LogP contribution in [-0.4, -0.2) is 35.9 Å². The number of likely N-dealkylation sites (N-methyl/N-ethyl adjacent to an activating group) is 1. The lowest BCUT2D eigenvalue weighted by molar-refractivity contribution is -0.142. The molecule has 0 bridgehead atoms. The summed E-state index contributed by atoms with van der Waals surface area (Å²) in [7, 11) is 0. The molecule has 1 unspecified atom stereocenters. The van der Waals surface area contributed by atoms with Crippen molar-refractivity contribution >= 4 is 39.3 Å². The third-order valence-electron chi connectivity index (χ3n) is 4.53. The molecule has 29 heavy (non-hydrogen) atoms. The average Bonchev–Trinajstić information content (AvgIpc) is 2.70. The van der Waals surface area contributed by atoms with E-state index in [1.807, 2.05) is 51.1 Å². The summed E-state index contributed by atoms with van der Waals surface area (Å²) >= 11 is 9.74. The number of amides is 2. The predicted octanol–water partition coefficient (Wildman–Crippen LogP) is 4.73. The number of benzene rings is 2. The molecule has 156 valence electrons. The van der Waals surface area contributed by atoms with Gasteiger partial charge in [-0.25, -0.2) is 0 Å². The highest BCUT2D eigenvalue weighted by Gasteiger charge is 2.29. The highest BCUT2D eigenvalue weighted by molar-refractivity contribution is 9.10. The van der Waals surface area contributed by atoms with Crippen LogP contribution in [-0.2, 0) is 16.1 Å². The Hall–Kier alpha value is -2.05. The lowest BCUT2D eigenvalue weighted by Crippen LogP contribution is -2.50. The molecular weight excluding hydrogens is 456 g/mol. The van der Waals surface area contributed by atoms with Gasteiger partial charge in [-0.3, -0.25) is 9.59 Å². The first kappa shape index (κ1) is 23.2. The molecule has 0 spiro atoms. The van der Waals surface area contributed by atoms with E-state index in [0.717, 1.165) is 15.6 Å². The van der Waals surface area contributed by atoms with Crippen LogP contribution in [0.5, 0.6) is 5.75 Å². The molecule has 0 aliphatic rings. The van der Waals surface area contributed by atoms with Crippen LogP contribution < -0.4 is 10.1 Å². The van der Waals surface area contributed by atoms with E-state index in [0.29, 0.717) is 23.7 Å². The van der Waals surface area contributed by atoms with Crippen LogP contribution >= 0.6 is 27.5 Å². The fourth-order valence-electron chi connectivity index (χ4n) is 2.96. The zero-order valence-corrected chi connectivity index (χ0v) is 19.2. The molecule has 1 atom stereocenters. The first-order chi connectivity index (χ1) is 13.9. The van der Waals surface area contributed by atoms with Crippen LogP contribution in [0.25, 0.3) is 0 Å². The Morgan fingerprint density at radius 2 is 1.93 bits per heavy atom. The van der Waals surface area contributed by atoms with E-state index in [9.17, 15) is 9.59 Å². The zero-order chi connectivity index (χ0) is 21.4. The number of ether oxygens (including phenoxy) is 1. The number of nitrogens with one attached hydrogen (secondary N) is 1. The van der Waals surface area contributed by atoms with Crippen LogP contribution in [0.1, 0.15) is 31.4 Å². The first-order valence-electron chi connectivity index (χ1n) is 9.56. The first-order valence-corrected chi connectivity index (χ1v) is 10.7. The van der Waals surface area contributed by atoms with Crippen molar-refractivity contribution in [1.82, 2.24) is 10.2 Å². The molecule has 1 N–H and O–H groups in total. The van der Waals surface area contributed by atoms with Crippen molar-refractivity contribution in [2.75, 3.05) is 13.2 Å². The summed E-state index contributed by atoms with van der Waals surface area (Å²) in [6, 6.07) is 12.2. The van der Waals surface area contributed by atoms with E-state index < -0.39 is 6.04 Å². The van der Waals surface area contributed by atoms with Crippen molar-refractivity contribution in [1.29, 1.82) is 0 Å². The van der Waals surface area contributed by atoms with Gasteiger partial charge in [-0.2, -0.15) is 0 Å². The van der Waals surface area contributed by atoms with Crippen molar-refractivity contribution in [3.63, 3.8) is 0 Å². The maximum Gasteiger partial charge on any atom is 0.261 e. The number of carbonyl (C=O) groups excluding carboxylic acids is 2. The molecule has 0 saturated heterocycles. The summed E-state index contributed by atoms with van der Waals surface area (Å²) in [5.74, 6) is 0.140. The molecule has 0 radical (unpaired) electrons. The van der Waals surface area contributed by atoms with Crippen LogP contribution in [0.2, 0.25) is 5.02 Å². The van der Waals surface area contributed by atoms with Gasteiger partial charge in [0, 0.05) is 22.6 Å². The highest BCUT2D eigenvalue weighted by Crippen LogP contribution is 2.23. The lowest BCUT2D eigenvalue weighted by atomic mass is 10.1. The minimum Gasteiger partial charge on any atom is -0.484 e. The Kier molecular flexibility index (Phi) is 8.99. The van der Waals surface area contributed by atoms with Crippen molar-refractivity contribution in [2.24, 2.45) is 0 Å². The minimum absolute atomic E-state index is 0.165. The smallest absolute Gasteiger partial charge is 0.261 e. The molecule has 0 aliphatic carbocycles. The maximum atomic E-state index is 13.1. The van der Waals surface area contributed by atoms with Crippen LogP contribution in [0, 0.1) is 6.92 Å². The lowest BCUT2D eigenvalue weighted by Gasteiger charge is -2.30. The second kappa shape index (κ2) is 11.2. The van der Waals surface area contributed by atoms with Crippen molar-refractivity contribution in [3.8, 4) is 5.75 Å². The van der Waals surface area contributed by atoms with Gasteiger partial charge in [0.1, 0.15) is 11.8 Å². The predicted molar refractivity (Wildman–Crippen MR) is 119 cm³/mol. The summed E-state index contributed by atoms with van der Waals surface area (Å²) in [6.07, 6.45) is 0.486. The van der Waals surface area contributed by atoms with Gasteiger partial charge in [-0.05, 0) is 55.7 Å². The van der Waals surface area contributed by atoms with E-state index in [1.54, 1.807) is 12.1 Å². The van der Waals surface area contributed by atoms with Gasteiger partial charge >= 0.3 is 0 Å². The topological polar surface area (TPSA) is 58.6 Å². The number of halogens is 2. The fraction of sp³-hybridized carbons (Fsp3) is 0.364. The van der Waals surface area contributed by atoms with Gasteiger partial charge in [0.25, 0.3) is 5.91 Å². The van der Waals surface area contributed by atoms with E-state index in [1.165, 1.54) is 4.90 Å². The van der Waals surface area contributed by atoms with Crippen LogP contribution in [0.4, 0.5) is 0 Å². The van der Waals surface area contributed by atoms with Gasteiger partial charge in [-0.1, -0.05) is 52.7 Å². The number of aryl methyl sites for hydroxylation is 1. The summed E-state index contributed by atoms with van der Waals surface area (Å²) in [5.41, 5.74) is 1.79. The molecule has 5 nitrogen and oxygen atoms in total. The molecular formula is C22H26BrClN2O3. The summed E-state index contributed by atoms with van der Waals surface area (Å²) < 4.78 is 6.68. The Labute approximate surface area is 185 Å². The van der Waals surface area contributed by atoms with Crippen molar-refractivity contribution < 1.29 is 14.3 Å². The van der Waals surface area contributed by atoms with E-state index in [4.69, 9.17) is 16.3 Å². The molecule has 0 aliphatic heterocycles. The van der Waals surface area contributed by atoms with Crippen LogP contribution in [0.15, 0.2) is 46.9 Å². The number of carbonyl (C=O) groups is 2. The molecule has 2 aromatic rings. The Balaban J connectivity index is 2.22. The van der Waals surface area contributed by atoms with Gasteiger partial charge in [0.2, 0.25) is 5.91 Å². The Bertz CT molecular complexity index is 860. The molecule has 0 heterocycles. The van der Waals surface area contributed by atoms with Gasteiger partial charge in [0.05, 0.1) is 0 Å². The van der Waals surface area contributed by atoms with Crippen molar-refractivity contribution in [2.45, 2.75) is 39.8 Å². The highest BCUT2D eigenvalue weighted by atomic mass is 79.9. The number of hydrogen-bond donors (Lipinski definition) is 1. The average molecular weight is 482 g/mol. The third-order valence-corrected chi connectivity index (χ3v) is 5.79. The fourth-order valence-corrected chi connectivity index (χ4v) is 3.40. The summed E-state index contributed by atoms with van der Waals surface area (Å²) in [4.78, 5) is 27.2. The van der Waals surface area contributed by atoms with Gasteiger partial charge in [-0.15, -0.1) is 0 Å². The van der Waals surface area contributed by atoms with Gasteiger partial charge < -0.3 is 15.0 Å². The van der Waals surface area contributed by atoms with E-state index in [2.05, 4.69) is 21.2 Å². The molecule has 2 rings (SSSR count). The minimum atomic E-state index is -0.603. The molecule has 2 aromatic carbocycles. The Morgan fingerprint density at radius 3 is 2.55 bits per heavy atom. The third kappa shape index (κ3) is 6.47. The van der Waals surface area contributed by atoms with Crippen LogP contribution in [0.3, 0.4) is 0 Å². The molecule has 0 aromatic heterocycles. The maximum absolute atomic E-state index is 13.1. The summed E-state index contributed by atoms with van der Waals surface area (Å²) in [6.45, 7) is 6.25. The monoisotopic (exact) mass is 480 g/mol. The second-order valence-electron chi connectivity index (χ2n) is 6.63. The molecule has 2 amide bonds. The zero-order valence-electron chi connectivity index (χ0n) is 16.9. The second-order valence-corrected chi connectivity index (χ2v) is 7.89. The molecule has 0 saturated carbocycles. The quantitative estimate of drug-likeness (QED) is 0.563. The number of rotatable bonds is 9. The van der Waals surface area contributed by atoms with Crippen molar-refractivity contribution in [3.05, 3.63) is 63.1 Å².